The molecule has 0 saturated carbocycles. The zero-order valence-corrected chi connectivity index (χ0v) is 24.4. The number of aryl methyl sites for hydroxylation is 1. The van der Waals surface area contributed by atoms with E-state index in [1.54, 1.807) is 31.2 Å². The quantitative estimate of drug-likeness (QED) is 0.298. The fraction of sp³-hybridized carbons (Fsp3) is 0.448. The van der Waals surface area contributed by atoms with Gasteiger partial charge in [0.2, 0.25) is 10.0 Å². The van der Waals surface area contributed by atoms with Gasteiger partial charge in [0.15, 0.2) is 8.32 Å². The molecule has 0 aliphatic heterocycles. The van der Waals surface area contributed by atoms with E-state index in [4.69, 9.17) is 9.16 Å². The Morgan fingerprint density at radius 2 is 1.64 bits per heavy atom. The zero-order chi connectivity index (χ0) is 26.8. The molecule has 0 saturated heterocycles. The van der Waals surface area contributed by atoms with Gasteiger partial charge in [-0.3, -0.25) is 0 Å². The van der Waals surface area contributed by atoms with E-state index >= 15 is 0 Å². The SMILES string of the molecule is CC#CCN([C@H](C#CCO[Si](C)(C)C(C)(C)C)COCc1ccccc1)S(=O)(=O)c1ccc(C)cc1. The van der Waals surface area contributed by atoms with Crippen LogP contribution >= 0.6 is 0 Å². The Balaban J connectivity index is 2.34. The highest BCUT2D eigenvalue weighted by Crippen LogP contribution is 2.36. The molecule has 0 fully saturated rings. The summed E-state index contributed by atoms with van der Waals surface area (Å²) in [5, 5.41) is 0.0599. The predicted molar refractivity (Wildman–Crippen MR) is 149 cm³/mol. The Bertz CT molecular complexity index is 1200. The van der Waals surface area contributed by atoms with Crippen LogP contribution in [-0.4, -0.2) is 46.8 Å². The van der Waals surface area contributed by atoms with Crippen LogP contribution < -0.4 is 0 Å². The average Bonchev–Trinajstić information content (AvgIpc) is 2.81. The molecule has 0 spiro atoms. The van der Waals surface area contributed by atoms with Gasteiger partial charge in [0.05, 0.1) is 31.3 Å². The van der Waals surface area contributed by atoms with Gasteiger partial charge in [0.1, 0.15) is 6.04 Å². The minimum absolute atomic E-state index is 0.0177. The van der Waals surface area contributed by atoms with Crippen LogP contribution in [0.4, 0.5) is 0 Å². The summed E-state index contributed by atoms with van der Waals surface area (Å²) in [4.78, 5) is 0.207. The molecule has 0 radical (unpaired) electrons. The summed E-state index contributed by atoms with van der Waals surface area (Å²) in [5.74, 6) is 11.9. The molecular weight excluding hydrogens is 486 g/mol. The molecule has 1 atom stereocenters. The lowest BCUT2D eigenvalue weighted by atomic mass is 10.2. The van der Waals surface area contributed by atoms with Crippen molar-refractivity contribution < 1.29 is 17.6 Å². The zero-order valence-electron chi connectivity index (χ0n) is 22.6. The monoisotopic (exact) mass is 525 g/mol. The smallest absolute Gasteiger partial charge is 0.245 e. The first-order chi connectivity index (χ1) is 16.9. The van der Waals surface area contributed by atoms with Crippen molar-refractivity contribution in [3.05, 3.63) is 65.7 Å². The van der Waals surface area contributed by atoms with Crippen molar-refractivity contribution in [2.75, 3.05) is 19.8 Å². The van der Waals surface area contributed by atoms with Crippen LogP contribution in [-0.2, 0) is 25.8 Å². The second-order valence-electron chi connectivity index (χ2n) is 10.2. The van der Waals surface area contributed by atoms with Crippen LogP contribution in [0.2, 0.25) is 18.1 Å². The van der Waals surface area contributed by atoms with E-state index in [0.717, 1.165) is 11.1 Å². The van der Waals surface area contributed by atoms with Crippen molar-refractivity contribution >= 4 is 18.3 Å². The van der Waals surface area contributed by atoms with E-state index in [9.17, 15) is 8.42 Å². The summed E-state index contributed by atoms with van der Waals surface area (Å²) in [7, 11) is -5.83. The Kier molecular flexibility index (Phi) is 11.0. The van der Waals surface area contributed by atoms with Crippen LogP contribution in [0, 0.1) is 30.6 Å². The lowest BCUT2D eigenvalue weighted by Crippen LogP contribution is -2.43. The lowest BCUT2D eigenvalue weighted by Gasteiger charge is -2.35. The molecule has 0 bridgehead atoms. The fourth-order valence-electron chi connectivity index (χ4n) is 3.02. The van der Waals surface area contributed by atoms with Crippen molar-refractivity contribution in [2.24, 2.45) is 0 Å². The van der Waals surface area contributed by atoms with E-state index in [1.165, 1.54) is 4.31 Å². The molecule has 0 heterocycles. The first-order valence-electron chi connectivity index (χ1n) is 12.1. The van der Waals surface area contributed by atoms with Crippen molar-refractivity contribution in [2.45, 2.75) is 70.3 Å². The van der Waals surface area contributed by atoms with Crippen molar-refractivity contribution in [1.29, 1.82) is 0 Å². The Hall–Kier alpha value is -2.39. The Morgan fingerprint density at radius 1 is 1.00 bits per heavy atom. The Morgan fingerprint density at radius 3 is 2.22 bits per heavy atom. The number of hydrogen-bond donors (Lipinski definition) is 0. The standard InChI is InChI=1S/C29H39NO4SSi/c1-8-9-21-30(35(31,32)28-19-17-25(2)18-20-28)27(24-33-23-26-14-11-10-12-15-26)16-13-22-34-36(6,7)29(3,4)5/h10-12,14-15,17-20,27H,21-24H2,1-7H3/t27-/m1/s1. The molecule has 0 aromatic heterocycles. The number of benzene rings is 2. The molecule has 7 heteroatoms. The maximum absolute atomic E-state index is 13.7. The molecule has 194 valence electrons. The minimum atomic E-state index is -3.86. The molecule has 0 unspecified atom stereocenters. The van der Waals surface area contributed by atoms with E-state index in [0.29, 0.717) is 6.61 Å². The van der Waals surface area contributed by atoms with Gasteiger partial charge in [-0.15, -0.1) is 5.92 Å². The van der Waals surface area contributed by atoms with Crippen molar-refractivity contribution in [3.8, 4) is 23.7 Å². The van der Waals surface area contributed by atoms with Crippen LogP contribution in [0.3, 0.4) is 0 Å². The summed E-state index contributed by atoms with van der Waals surface area (Å²) in [6.45, 7) is 15.2. The number of sulfonamides is 1. The third kappa shape index (κ3) is 8.62. The highest BCUT2D eigenvalue weighted by molar-refractivity contribution is 7.89. The largest absolute Gasteiger partial charge is 0.406 e. The van der Waals surface area contributed by atoms with Crippen LogP contribution in [0.15, 0.2) is 59.5 Å². The summed E-state index contributed by atoms with van der Waals surface area (Å²) in [6, 6.07) is 15.9. The highest BCUT2D eigenvalue weighted by Gasteiger charge is 2.37. The average molecular weight is 526 g/mol. The summed E-state index contributed by atoms with van der Waals surface area (Å²) in [6.07, 6.45) is 0. The topological polar surface area (TPSA) is 55.8 Å². The second-order valence-corrected chi connectivity index (χ2v) is 16.9. The van der Waals surface area contributed by atoms with E-state index < -0.39 is 24.4 Å². The van der Waals surface area contributed by atoms with Crippen LogP contribution in [0.5, 0.6) is 0 Å². The fourth-order valence-corrected chi connectivity index (χ4v) is 5.32. The Labute approximate surface area is 219 Å². The predicted octanol–water partition coefficient (Wildman–Crippen LogP) is 5.62. The van der Waals surface area contributed by atoms with Crippen molar-refractivity contribution in [1.82, 2.24) is 4.31 Å². The molecule has 2 rings (SSSR count). The summed E-state index contributed by atoms with van der Waals surface area (Å²) in [5.41, 5.74) is 1.99. The van der Waals surface area contributed by atoms with Gasteiger partial charge >= 0.3 is 0 Å². The van der Waals surface area contributed by atoms with Gasteiger partial charge in [0, 0.05) is 0 Å². The maximum Gasteiger partial charge on any atom is 0.245 e. The van der Waals surface area contributed by atoms with E-state index in [1.807, 2.05) is 37.3 Å². The lowest BCUT2D eigenvalue weighted by molar-refractivity contribution is 0.0956. The summed E-state index contributed by atoms with van der Waals surface area (Å²) < 4.78 is 40.8. The van der Waals surface area contributed by atoms with Gasteiger partial charge in [-0.05, 0) is 49.7 Å². The van der Waals surface area contributed by atoms with Crippen molar-refractivity contribution in [3.63, 3.8) is 0 Å². The highest BCUT2D eigenvalue weighted by atomic mass is 32.2. The molecule has 0 N–H and O–H groups in total. The third-order valence-corrected chi connectivity index (χ3v) is 12.7. The molecule has 5 nitrogen and oxygen atoms in total. The number of ether oxygens (including phenoxy) is 1. The van der Waals surface area contributed by atoms with E-state index in [2.05, 4.69) is 57.5 Å². The van der Waals surface area contributed by atoms with Crippen LogP contribution in [0.25, 0.3) is 0 Å². The molecule has 0 amide bonds. The minimum Gasteiger partial charge on any atom is -0.406 e. The van der Waals surface area contributed by atoms with Gasteiger partial charge in [-0.25, -0.2) is 8.42 Å². The molecule has 36 heavy (non-hydrogen) atoms. The van der Waals surface area contributed by atoms with E-state index in [-0.39, 0.29) is 29.7 Å². The normalized spacial score (nSPS) is 12.9. The first kappa shape index (κ1) is 29.8. The second kappa shape index (κ2) is 13.2. The molecule has 2 aromatic carbocycles. The molecule has 0 aliphatic rings. The number of rotatable bonds is 10. The van der Waals surface area contributed by atoms with Crippen LogP contribution in [0.1, 0.15) is 38.8 Å². The van der Waals surface area contributed by atoms with Gasteiger partial charge < -0.3 is 9.16 Å². The van der Waals surface area contributed by atoms with Gasteiger partial charge in [-0.1, -0.05) is 86.6 Å². The summed E-state index contributed by atoms with van der Waals surface area (Å²) >= 11 is 0. The first-order valence-corrected chi connectivity index (χ1v) is 16.5. The molecular formula is C29H39NO4SSi. The molecule has 0 aliphatic carbocycles. The maximum atomic E-state index is 13.7. The van der Waals surface area contributed by atoms with Gasteiger partial charge in [-0.2, -0.15) is 4.31 Å². The molecule has 2 aromatic rings. The number of nitrogens with zero attached hydrogens (tertiary/aromatic N) is 1. The number of hydrogen-bond acceptors (Lipinski definition) is 4. The third-order valence-electron chi connectivity index (χ3n) is 6.35. The van der Waals surface area contributed by atoms with Gasteiger partial charge in [0.25, 0.3) is 0 Å².